The number of nitrogens with zero attached hydrogens (tertiary/aromatic N) is 1. The molecule has 3 heteroatoms. The minimum atomic E-state index is 0.438. The van der Waals surface area contributed by atoms with E-state index in [4.69, 9.17) is 4.74 Å². The van der Waals surface area contributed by atoms with Crippen molar-refractivity contribution in [3.63, 3.8) is 0 Å². The molecule has 112 valence electrons. The highest BCUT2D eigenvalue weighted by Gasteiger charge is 2.08. The number of pyridine rings is 1. The molecule has 0 amide bonds. The second-order valence-electron chi connectivity index (χ2n) is 5.13. The van der Waals surface area contributed by atoms with Gasteiger partial charge >= 0.3 is 0 Å². The van der Waals surface area contributed by atoms with Gasteiger partial charge in [-0.3, -0.25) is 0 Å². The molecule has 0 saturated heterocycles. The number of benzene rings is 1. The molecule has 0 bridgehead atoms. The van der Waals surface area contributed by atoms with Crippen molar-refractivity contribution in [2.24, 2.45) is 0 Å². The van der Waals surface area contributed by atoms with Crippen LogP contribution >= 0.6 is 0 Å². The van der Waals surface area contributed by atoms with Crippen LogP contribution in [0.15, 0.2) is 42.6 Å². The van der Waals surface area contributed by atoms with Crippen molar-refractivity contribution >= 4 is 0 Å². The third kappa shape index (κ3) is 4.05. The van der Waals surface area contributed by atoms with Crippen LogP contribution in [0, 0.1) is 0 Å². The van der Waals surface area contributed by atoms with E-state index in [2.05, 4.69) is 48.4 Å². The van der Waals surface area contributed by atoms with E-state index >= 15 is 0 Å². The quantitative estimate of drug-likeness (QED) is 0.827. The normalized spacial score (nSPS) is 12.1. The summed E-state index contributed by atoms with van der Waals surface area (Å²) >= 11 is 0. The zero-order valence-corrected chi connectivity index (χ0v) is 13.1. The van der Waals surface area contributed by atoms with Gasteiger partial charge in [0.05, 0.1) is 7.11 Å². The maximum atomic E-state index is 5.09. The van der Waals surface area contributed by atoms with Crippen LogP contribution in [0.2, 0.25) is 0 Å². The Morgan fingerprint density at radius 2 is 1.76 bits per heavy atom. The Morgan fingerprint density at radius 3 is 2.29 bits per heavy atom. The van der Waals surface area contributed by atoms with Crippen LogP contribution < -0.4 is 10.1 Å². The van der Waals surface area contributed by atoms with Gasteiger partial charge in [-0.15, -0.1) is 0 Å². The summed E-state index contributed by atoms with van der Waals surface area (Å²) < 4.78 is 5.09. The largest absolute Gasteiger partial charge is 0.481 e. The lowest BCUT2D eigenvalue weighted by Crippen LogP contribution is -2.21. The summed E-state index contributed by atoms with van der Waals surface area (Å²) in [5, 5.41) is 3.58. The molecule has 1 unspecified atom stereocenters. The van der Waals surface area contributed by atoms with Crippen molar-refractivity contribution in [1.82, 2.24) is 10.3 Å². The van der Waals surface area contributed by atoms with Crippen LogP contribution in [0.3, 0.4) is 0 Å². The Hall–Kier alpha value is -1.87. The minimum Gasteiger partial charge on any atom is -0.481 e. The van der Waals surface area contributed by atoms with Crippen molar-refractivity contribution in [3.05, 3.63) is 48.2 Å². The molecular weight excluding hydrogens is 260 g/mol. The lowest BCUT2D eigenvalue weighted by atomic mass is 10.0. The highest BCUT2D eigenvalue weighted by atomic mass is 16.5. The van der Waals surface area contributed by atoms with Gasteiger partial charge in [0.25, 0.3) is 0 Å². The fourth-order valence-electron chi connectivity index (χ4n) is 2.40. The van der Waals surface area contributed by atoms with Gasteiger partial charge in [-0.2, -0.15) is 0 Å². The van der Waals surface area contributed by atoms with E-state index in [1.54, 1.807) is 7.11 Å². The first-order chi connectivity index (χ1) is 10.3. The van der Waals surface area contributed by atoms with E-state index in [1.165, 1.54) is 11.1 Å². The van der Waals surface area contributed by atoms with Gasteiger partial charge in [0.15, 0.2) is 0 Å². The number of methoxy groups -OCH3 is 1. The van der Waals surface area contributed by atoms with Crippen molar-refractivity contribution in [3.8, 4) is 17.0 Å². The number of ether oxygens (including phenoxy) is 1. The van der Waals surface area contributed by atoms with E-state index in [9.17, 15) is 0 Å². The van der Waals surface area contributed by atoms with Crippen molar-refractivity contribution < 1.29 is 4.74 Å². The summed E-state index contributed by atoms with van der Waals surface area (Å²) in [5.41, 5.74) is 3.63. The lowest BCUT2D eigenvalue weighted by molar-refractivity contribution is 0.398. The Kier molecular flexibility index (Phi) is 5.76. The summed E-state index contributed by atoms with van der Waals surface area (Å²) in [6, 6.07) is 13.1. The SMILES string of the molecule is CCCNC(CC)c1ccc(-c2ccc(OC)nc2)cc1. The maximum absolute atomic E-state index is 5.09. The molecule has 1 atom stereocenters. The molecule has 0 saturated carbocycles. The van der Waals surface area contributed by atoms with E-state index in [-0.39, 0.29) is 0 Å². The number of aromatic nitrogens is 1. The molecule has 21 heavy (non-hydrogen) atoms. The van der Waals surface area contributed by atoms with Crippen molar-refractivity contribution in [1.29, 1.82) is 0 Å². The smallest absolute Gasteiger partial charge is 0.212 e. The molecule has 1 aromatic heterocycles. The average molecular weight is 284 g/mol. The zero-order chi connectivity index (χ0) is 15.1. The molecule has 0 fully saturated rings. The van der Waals surface area contributed by atoms with Gasteiger partial charge in [-0.25, -0.2) is 4.98 Å². The van der Waals surface area contributed by atoms with Crippen LogP contribution in [-0.2, 0) is 0 Å². The van der Waals surface area contributed by atoms with E-state index in [0.717, 1.165) is 24.9 Å². The zero-order valence-electron chi connectivity index (χ0n) is 13.1. The monoisotopic (exact) mass is 284 g/mol. The second-order valence-corrected chi connectivity index (χ2v) is 5.13. The highest BCUT2D eigenvalue weighted by Crippen LogP contribution is 2.23. The van der Waals surface area contributed by atoms with E-state index < -0.39 is 0 Å². The standard InChI is InChI=1S/C18H24N2O/c1-4-12-19-17(5-2)15-8-6-14(7-9-15)16-10-11-18(21-3)20-13-16/h6-11,13,17,19H,4-5,12H2,1-3H3. The highest BCUT2D eigenvalue weighted by molar-refractivity contribution is 5.63. The Bertz CT molecular complexity index is 534. The predicted octanol–water partition coefficient (Wildman–Crippen LogP) is 4.21. The first kappa shape index (κ1) is 15.5. The number of hydrogen-bond donors (Lipinski definition) is 1. The Morgan fingerprint density at radius 1 is 1.05 bits per heavy atom. The average Bonchev–Trinajstić information content (AvgIpc) is 2.56. The summed E-state index contributed by atoms with van der Waals surface area (Å²) in [4.78, 5) is 4.25. The fourth-order valence-corrected chi connectivity index (χ4v) is 2.40. The minimum absolute atomic E-state index is 0.438. The van der Waals surface area contributed by atoms with Gasteiger partial charge in [-0.1, -0.05) is 38.1 Å². The first-order valence-corrected chi connectivity index (χ1v) is 7.62. The predicted molar refractivity (Wildman–Crippen MR) is 87.6 cm³/mol. The van der Waals surface area contributed by atoms with Crippen LogP contribution in [-0.4, -0.2) is 18.6 Å². The second kappa shape index (κ2) is 7.79. The van der Waals surface area contributed by atoms with E-state index in [0.29, 0.717) is 11.9 Å². The van der Waals surface area contributed by atoms with Crippen LogP contribution in [0.5, 0.6) is 5.88 Å². The molecule has 0 spiro atoms. The molecule has 1 aromatic carbocycles. The molecule has 0 aliphatic carbocycles. The topological polar surface area (TPSA) is 34.1 Å². The summed E-state index contributed by atoms with van der Waals surface area (Å²) in [6.45, 7) is 5.47. The third-order valence-electron chi connectivity index (χ3n) is 3.64. The van der Waals surface area contributed by atoms with Gasteiger partial charge < -0.3 is 10.1 Å². The summed E-state index contributed by atoms with van der Waals surface area (Å²) in [5.74, 6) is 0.644. The number of hydrogen-bond acceptors (Lipinski definition) is 3. The lowest BCUT2D eigenvalue weighted by Gasteiger charge is -2.17. The summed E-state index contributed by atoms with van der Waals surface area (Å²) in [7, 11) is 1.63. The number of nitrogens with one attached hydrogen (secondary N) is 1. The van der Waals surface area contributed by atoms with Crippen LogP contribution in [0.1, 0.15) is 38.3 Å². The summed E-state index contributed by atoms with van der Waals surface area (Å²) in [6.07, 6.45) is 4.11. The molecular formula is C18H24N2O. The third-order valence-corrected chi connectivity index (χ3v) is 3.64. The van der Waals surface area contributed by atoms with Gasteiger partial charge in [0.2, 0.25) is 5.88 Å². The molecule has 0 aliphatic heterocycles. The molecule has 2 rings (SSSR count). The Balaban J connectivity index is 2.13. The van der Waals surface area contributed by atoms with Gasteiger partial charge in [-0.05, 0) is 36.6 Å². The van der Waals surface area contributed by atoms with Gasteiger partial charge in [0, 0.05) is 23.9 Å². The van der Waals surface area contributed by atoms with Gasteiger partial charge in [0.1, 0.15) is 0 Å². The number of rotatable bonds is 7. The first-order valence-electron chi connectivity index (χ1n) is 7.62. The molecule has 3 nitrogen and oxygen atoms in total. The maximum Gasteiger partial charge on any atom is 0.212 e. The molecule has 1 N–H and O–H groups in total. The van der Waals surface area contributed by atoms with Crippen molar-refractivity contribution in [2.45, 2.75) is 32.7 Å². The van der Waals surface area contributed by atoms with E-state index in [1.807, 2.05) is 18.3 Å². The Labute approximate surface area is 127 Å². The van der Waals surface area contributed by atoms with Crippen LogP contribution in [0.25, 0.3) is 11.1 Å². The molecule has 2 aromatic rings. The molecule has 0 aliphatic rings. The van der Waals surface area contributed by atoms with Crippen molar-refractivity contribution in [2.75, 3.05) is 13.7 Å². The van der Waals surface area contributed by atoms with Crippen LogP contribution in [0.4, 0.5) is 0 Å². The fraction of sp³-hybridized carbons (Fsp3) is 0.389. The molecule has 1 heterocycles. The molecule has 0 radical (unpaired) electrons.